The van der Waals surface area contributed by atoms with Crippen LogP contribution in [0.1, 0.15) is 26.3 Å². The van der Waals surface area contributed by atoms with E-state index in [9.17, 15) is 5.26 Å². The smallest absolute Gasteiger partial charge is 0.145 e. The molecule has 1 N–H and O–H groups in total. The molecule has 0 aromatic heterocycles. The molecule has 0 aliphatic heterocycles. The molecule has 1 atom stereocenters. The molecule has 0 fully saturated rings. The third-order valence-electron chi connectivity index (χ3n) is 3.32. The zero-order chi connectivity index (χ0) is 15.7. The highest BCUT2D eigenvalue weighted by molar-refractivity contribution is 5.32. The van der Waals surface area contributed by atoms with Crippen molar-refractivity contribution in [3.05, 3.63) is 35.9 Å². The van der Waals surface area contributed by atoms with Gasteiger partial charge in [-0.25, -0.2) is 0 Å². The van der Waals surface area contributed by atoms with Gasteiger partial charge in [-0.15, -0.1) is 0 Å². The van der Waals surface area contributed by atoms with Gasteiger partial charge in [-0.2, -0.15) is 5.26 Å². The van der Waals surface area contributed by atoms with E-state index >= 15 is 0 Å². The molecule has 21 heavy (non-hydrogen) atoms. The van der Waals surface area contributed by atoms with Crippen molar-refractivity contribution in [2.45, 2.75) is 32.4 Å². The molecule has 0 aliphatic carbocycles. The topological polar surface area (TPSA) is 48.3 Å². The fourth-order valence-electron chi connectivity index (χ4n) is 2.42. The van der Waals surface area contributed by atoms with Crippen molar-refractivity contribution in [2.24, 2.45) is 0 Å². The van der Waals surface area contributed by atoms with E-state index in [2.05, 4.69) is 30.1 Å². The fraction of sp³-hybridized carbons (Fsp3) is 0.588. The second-order valence-electron chi connectivity index (χ2n) is 5.62. The maximum atomic E-state index is 9.83. The lowest BCUT2D eigenvalue weighted by molar-refractivity contribution is 0.113. The van der Waals surface area contributed by atoms with Crippen LogP contribution in [0.5, 0.6) is 0 Å². The first-order chi connectivity index (χ1) is 10.0. The second-order valence-corrected chi connectivity index (χ2v) is 5.62. The summed E-state index contributed by atoms with van der Waals surface area (Å²) >= 11 is 0. The number of nitriles is 1. The highest BCUT2D eigenvalue weighted by Gasteiger charge is 2.33. The Labute approximate surface area is 128 Å². The van der Waals surface area contributed by atoms with E-state index in [1.54, 1.807) is 0 Å². The van der Waals surface area contributed by atoms with Gasteiger partial charge in [-0.3, -0.25) is 5.32 Å². The molecule has 0 amide bonds. The van der Waals surface area contributed by atoms with Crippen LogP contribution in [0.15, 0.2) is 30.3 Å². The van der Waals surface area contributed by atoms with Crippen LogP contribution in [0.2, 0.25) is 0 Å². The Kier molecular flexibility index (Phi) is 7.38. The highest BCUT2D eigenvalue weighted by Crippen LogP contribution is 2.22. The number of nitrogens with zero attached hydrogens (tertiary/aromatic N) is 2. The van der Waals surface area contributed by atoms with Crippen LogP contribution in [0, 0.1) is 11.3 Å². The van der Waals surface area contributed by atoms with Crippen molar-refractivity contribution in [3.63, 3.8) is 0 Å². The van der Waals surface area contributed by atoms with Crippen LogP contribution in [-0.4, -0.2) is 44.3 Å². The largest absolute Gasteiger partial charge is 0.380 e. The van der Waals surface area contributed by atoms with E-state index in [1.165, 1.54) is 0 Å². The average Bonchev–Trinajstić information content (AvgIpc) is 2.47. The zero-order valence-corrected chi connectivity index (χ0v) is 13.6. The van der Waals surface area contributed by atoms with Gasteiger partial charge >= 0.3 is 0 Å². The van der Waals surface area contributed by atoms with E-state index in [4.69, 9.17) is 4.74 Å². The van der Waals surface area contributed by atoms with Gasteiger partial charge < -0.3 is 9.64 Å². The second kappa shape index (κ2) is 8.78. The highest BCUT2D eigenvalue weighted by atomic mass is 16.5. The van der Waals surface area contributed by atoms with Crippen LogP contribution in [0.25, 0.3) is 0 Å². The molecule has 0 spiro atoms. The van der Waals surface area contributed by atoms with Crippen LogP contribution >= 0.6 is 0 Å². The van der Waals surface area contributed by atoms with E-state index in [1.807, 2.05) is 44.3 Å². The standard InChI is InChI=1S/C17H27N3O/c1-5-21-12-11-20(4)14-17(13-18,19-15(2)3)16-9-7-6-8-10-16/h6-10,15,19H,5,11-12,14H2,1-4H3. The van der Waals surface area contributed by atoms with Gasteiger partial charge in [0.2, 0.25) is 0 Å². The van der Waals surface area contributed by atoms with Gasteiger partial charge in [0.25, 0.3) is 0 Å². The van der Waals surface area contributed by atoms with Crippen molar-refractivity contribution in [1.29, 1.82) is 5.26 Å². The van der Waals surface area contributed by atoms with Gasteiger partial charge in [0.15, 0.2) is 0 Å². The normalized spacial score (nSPS) is 14.1. The van der Waals surface area contributed by atoms with E-state index < -0.39 is 5.54 Å². The summed E-state index contributed by atoms with van der Waals surface area (Å²) in [6, 6.07) is 12.7. The zero-order valence-electron chi connectivity index (χ0n) is 13.6. The van der Waals surface area contributed by atoms with Crippen molar-refractivity contribution in [3.8, 4) is 6.07 Å². The molecule has 1 unspecified atom stereocenters. The Morgan fingerprint density at radius 1 is 1.33 bits per heavy atom. The minimum atomic E-state index is -0.698. The predicted octanol–water partition coefficient (Wildman–Crippen LogP) is 2.37. The molecule has 4 nitrogen and oxygen atoms in total. The number of likely N-dealkylation sites (N-methyl/N-ethyl adjacent to an activating group) is 1. The lowest BCUT2D eigenvalue weighted by atomic mass is 9.90. The summed E-state index contributed by atoms with van der Waals surface area (Å²) in [5, 5.41) is 13.3. The molecule has 0 aliphatic rings. The SMILES string of the molecule is CCOCCN(C)CC(C#N)(NC(C)C)c1ccccc1. The predicted molar refractivity (Wildman–Crippen MR) is 86.0 cm³/mol. The van der Waals surface area contributed by atoms with Crippen LogP contribution in [0.3, 0.4) is 0 Å². The summed E-state index contributed by atoms with van der Waals surface area (Å²) in [6.45, 7) is 8.96. The number of rotatable bonds is 9. The molecule has 116 valence electrons. The minimum Gasteiger partial charge on any atom is -0.380 e. The van der Waals surface area contributed by atoms with Gasteiger partial charge in [-0.05, 0) is 33.4 Å². The van der Waals surface area contributed by atoms with Crippen LogP contribution in [0.4, 0.5) is 0 Å². The average molecular weight is 289 g/mol. The van der Waals surface area contributed by atoms with Crippen LogP contribution < -0.4 is 5.32 Å². The Hall–Kier alpha value is -1.41. The number of ether oxygens (including phenoxy) is 1. The summed E-state index contributed by atoms with van der Waals surface area (Å²) in [5.74, 6) is 0. The van der Waals surface area contributed by atoms with Gasteiger partial charge in [0.1, 0.15) is 5.54 Å². The maximum absolute atomic E-state index is 9.83. The first-order valence-electron chi connectivity index (χ1n) is 7.55. The lowest BCUT2D eigenvalue weighted by Gasteiger charge is -2.34. The minimum absolute atomic E-state index is 0.227. The summed E-state index contributed by atoms with van der Waals surface area (Å²) in [5.41, 5.74) is 0.306. The summed E-state index contributed by atoms with van der Waals surface area (Å²) < 4.78 is 5.39. The van der Waals surface area contributed by atoms with E-state index in [0.717, 1.165) is 18.7 Å². The summed E-state index contributed by atoms with van der Waals surface area (Å²) in [6.07, 6.45) is 0. The van der Waals surface area contributed by atoms with E-state index in [-0.39, 0.29) is 6.04 Å². The maximum Gasteiger partial charge on any atom is 0.145 e. The van der Waals surface area contributed by atoms with E-state index in [0.29, 0.717) is 13.2 Å². The molecule has 0 heterocycles. The monoisotopic (exact) mass is 289 g/mol. The quantitative estimate of drug-likeness (QED) is 0.709. The third-order valence-corrected chi connectivity index (χ3v) is 3.32. The van der Waals surface area contributed by atoms with Crippen molar-refractivity contribution >= 4 is 0 Å². The first kappa shape index (κ1) is 17.6. The van der Waals surface area contributed by atoms with Crippen molar-refractivity contribution < 1.29 is 4.74 Å². The summed E-state index contributed by atoms with van der Waals surface area (Å²) in [4.78, 5) is 2.14. The fourth-order valence-corrected chi connectivity index (χ4v) is 2.42. The number of hydrogen-bond donors (Lipinski definition) is 1. The first-order valence-corrected chi connectivity index (χ1v) is 7.55. The van der Waals surface area contributed by atoms with Crippen molar-refractivity contribution in [2.75, 3.05) is 33.4 Å². The van der Waals surface area contributed by atoms with Gasteiger partial charge in [-0.1, -0.05) is 30.3 Å². The summed E-state index contributed by atoms with van der Waals surface area (Å²) in [7, 11) is 2.02. The third kappa shape index (κ3) is 5.47. The molecule has 0 bridgehead atoms. The molecule has 1 aromatic carbocycles. The van der Waals surface area contributed by atoms with Gasteiger partial charge in [0, 0.05) is 25.7 Å². The lowest BCUT2D eigenvalue weighted by Crippen LogP contribution is -2.52. The molecule has 0 saturated carbocycles. The molecule has 0 radical (unpaired) electrons. The molecular formula is C17H27N3O. The number of hydrogen-bond acceptors (Lipinski definition) is 4. The molecule has 0 saturated heterocycles. The molecular weight excluding hydrogens is 262 g/mol. The Morgan fingerprint density at radius 3 is 2.52 bits per heavy atom. The van der Waals surface area contributed by atoms with Crippen LogP contribution in [-0.2, 0) is 10.3 Å². The Balaban J connectivity index is 2.89. The molecule has 4 heteroatoms. The molecule has 1 rings (SSSR count). The van der Waals surface area contributed by atoms with Gasteiger partial charge in [0.05, 0.1) is 12.7 Å². The Bertz CT molecular complexity index is 441. The molecule has 1 aromatic rings. The number of nitrogens with one attached hydrogen (secondary N) is 1. The Morgan fingerprint density at radius 2 is 2.00 bits per heavy atom. The van der Waals surface area contributed by atoms with Crippen molar-refractivity contribution in [1.82, 2.24) is 10.2 Å². The number of benzene rings is 1.